The lowest BCUT2D eigenvalue weighted by molar-refractivity contribution is 0.0949. The Morgan fingerprint density at radius 1 is 0.967 bits per heavy atom. The van der Waals surface area contributed by atoms with Gasteiger partial charge in [0.1, 0.15) is 0 Å². The predicted molar refractivity (Wildman–Crippen MR) is 115 cm³/mol. The summed E-state index contributed by atoms with van der Waals surface area (Å²) in [5.41, 5.74) is 3.39. The molecule has 0 saturated carbocycles. The summed E-state index contributed by atoms with van der Waals surface area (Å²) in [4.78, 5) is 16.2. The van der Waals surface area contributed by atoms with E-state index in [9.17, 15) is 4.79 Å². The molecule has 0 radical (unpaired) electrons. The second-order valence-corrected chi connectivity index (χ2v) is 6.96. The summed E-state index contributed by atoms with van der Waals surface area (Å²) in [7, 11) is 0. The van der Waals surface area contributed by atoms with Crippen molar-refractivity contribution in [3.05, 3.63) is 96.6 Å². The molecule has 0 fully saturated rings. The summed E-state index contributed by atoms with van der Waals surface area (Å²) in [6, 6.07) is 21.6. The summed E-state index contributed by atoms with van der Waals surface area (Å²) in [6.45, 7) is 0.504. The van der Waals surface area contributed by atoms with E-state index >= 15 is 0 Å². The highest BCUT2D eigenvalue weighted by Crippen LogP contribution is 2.19. The van der Waals surface area contributed by atoms with Gasteiger partial charge in [0.15, 0.2) is 11.5 Å². The first-order valence-electron chi connectivity index (χ1n) is 9.79. The van der Waals surface area contributed by atoms with Gasteiger partial charge in [-0.05, 0) is 42.3 Å². The van der Waals surface area contributed by atoms with Crippen LogP contribution in [0.1, 0.15) is 16.1 Å². The Balaban J connectivity index is 1.38. The Hall–Kier alpha value is -4.13. The topological polar surface area (TPSA) is 80.5 Å². The monoisotopic (exact) mass is 396 g/mol. The first-order valence-corrected chi connectivity index (χ1v) is 9.79. The van der Waals surface area contributed by atoms with Crippen LogP contribution in [0, 0.1) is 0 Å². The van der Waals surface area contributed by atoms with E-state index in [0.29, 0.717) is 12.4 Å². The predicted octanol–water partition coefficient (Wildman–Crippen LogP) is 3.51. The Morgan fingerprint density at radius 2 is 1.73 bits per heavy atom. The molecule has 7 heteroatoms. The van der Waals surface area contributed by atoms with Crippen LogP contribution in [0.15, 0.2) is 85.3 Å². The van der Waals surface area contributed by atoms with Gasteiger partial charge >= 0.3 is 0 Å². The summed E-state index contributed by atoms with van der Waals surface area (Å²) in [6.07, 6.45) is 6.47. The number of carbonyl (C=O) groups is 1. The first-order chi connectivity index (χ1) is 14.8. The Morgan fingerprint density at radius 3 is 2.57 bits per heavy atom. The van der Waals surface area contributed by atoms with Gasteiger partial charge in [-0.3, -0.25) is 4.79 Å². The van der Waals surface area contributed by atoms with Crippen LogP contribution in [0.4, 0.5) is 0 Å². The van der Waals surface area contributed by atoms with E-state index in [2.05, 4.69) is 26.7 Å². The van der Waals surface area contributed by atoms with Crippen molar-refractivity contribution in [3.63, 3.8) is 0 Å². The molecule has 0 spiro atoms. The fourth-order valence-corrected chi connectivity index (χ4v) is 3.61. The molecule has 148 valence electrons. The second-order valence-electron chi connectivity index (χ2n) is 6.96. The fourth-order valence-electron chi connectivity index (χ4n) is 3.61. The van der Waals surface area contributed by atoms with Crippen molar-refractivity contribution < 1.29 is 4.79 Å². The highest BCUT2D eigenvalue weighted by molar-refractivity contribution is 5.95. The van der Waals surface area contributed by atoms with Crippen LogP contribution < -0.4 is 5.32 Å². The van der Waals surface area contributed by atoms with E-state index < -0.39 is 0 Å². The molecule has 0 atom stereocenters. The van der Waals surface area contributed by atoms with E-state index in [0.717, 1.165) is 17.6 Å². The minimum absolute atomic E-state index is 0.249. The van der Waals surface area contributed by atoms with Gasteiger partial charge in [0.05, 0.1) is 5.69 Å². The van der Waals surface area contributed by atoms with E-state index in [1.54, 1.807) is 4.68 Å². The molecule has 5 rings (SSSR count). The Labute approximate surface area is 173 Å². The van der Waals surface area contributed by atoms with Crippen LogP contribution in [0.25, 0.3) is 22.4 Å². The molecule has 3 heterocycles. The van der Waals surface area contributed by atoms with Gasteiger partial charge < -0.3 is 14.9 Å². The molecule has 0 saturated heterocycles. The Kier molecular flexibility index (Phi) is 4.61. The van der Waals surface area contributed by atoms with Gasteiger partial charge in [-0.1, -0.05) is 41.6 Å². The number of carbonyl (C=O) groups excluding carboxylic acids is 1. The molecule has 1 amide bonds. The number of hydrogen-bond donors (Lipinski definition) is 2. The number of nitrogens with zero attached hydrogens (tertiary/aromatic N) is 4. The molecule has 30 heavy (non-hydrogen) atoms. The summed E-state index contributed by atoms with van der Waals surface area (Å²) < 4.78 is 3.52. The van der Waals surface area contributed by atoms with E-state index in [-0.39, 0.29) is 11.6 Å². The molecule has 0 unspecified atom stereocenters. The highest BCUT2D eigenvalue weighted by atomic mass is 16.2. The minimum Gasteiger partial charge on any atom is -0.361 e. The van der Waals surface area contributed by atoms with Gasteiger partial charge in [0, 0.05) is 36.0 Å². The standard InChI is InChI=1S/C23H20N6O/c30-22(24-13-12-17-16-25-20-11-5-4-10-19(17)20)21-23(28-14-6-7-15-28)29(27-26-21)18-8-2-1-3-9-18/h1-11,14-16,25H,12-13H2,(H,24,30). The molecule has 0 aliphatic heterocycles. The third-order valence-corrected chi connectivity index (χ3v) is 5.07. The lowest BCUT2D eigenvalue weighted by Crippen LogP contribution is -2.27. The number of amides is 1. The number of aromatic nitrogens is 5. The average molecular weight is 396 g/mol. The lowest BCUT2D eigenvalue weighted by atomic mass is 10.1. The molecular formula is C23H20N6O. The summed E-state index contributed by atoms with van der Waals surface area (Å²) >= 11 is 0. The van der Waals surface area contributed by atoms with Gasteiger partial charge in [0.2, 0.25) is 0 Å². The van der Waals surface area contributed by atoms with Crippen LogP contribution in [0.5, 0.6) is 0 Å². The molecular weight excluding hydrogens is 376 g/mol. The van der Waals surface area contributed by atoms with Crippen LogP contribution in [-0.4, -0.2) is 37.0 Å². The van der Waals surface area contributed by atoms with E-state index in [1.165, 1.54) is 10.9 Å². The number of para-hydroxylation sites is 2. The molecule has 2 aromatic carbocycles. The third kappa shape index (κ3) is 3.26. The number of fused-ring (bicyclic) bond motifs is 1. The van der Waals surface area contributed by atoms with Crippen molar-refractivity contribution in [1.29, 1.82) is 0 Å². The number of hydrogen-bond acceptors (Lipinski definition) is 3. The SMILES string of the molecule is O=C(NCCc1c[nH]c2ccccc12)c1nnn(-c2ccccc2)c1-n1cccc1. The molecule has 2 N–H and O–H groups in total. The number of H-pyrrole nitrogens is 1. The van der Waals surface area contributed by atoms with E-state index in [4.69, 9.17) is 0 Å². The number of rotatable bonds is 6. The quantitative estimate of drug-likeness (QED) is 0.461. The van der Waals surface area contributed by atoms with Crippen LogP contribution in [-0.2, 0) is 6.42 Å². The van der Waals surface area contributed by atoms with Gasteiger partial charge in [-0.25, -0.2) is 0 Å². The van der Waals surface area contributed by atoms with E-state index in [1.807, 2.05) is 83.8 Å². The van der Waals surface area contributed by atoms with Crippen molar-refractivity contribution in [2.24, 2.45) is 0 Å². The van der Waals surface area contributed by atoms with Crippen LogP contribution in [0.3, 0.4) is 0 Å². The number of aromatic amines is 1. The maximum absolute atomic E-state index is 12.9. The molecule has 0 aliphatic carbocycles. The van der Waals surface area contributed by atoms with Crippen molar-refractivity contribution in [2.75, 3.05) is 6.54 Å². The maximum Gasteiger partial charge on any atom is 0.275 e. The van der Waals surface area contributed by atoms with Crippen LogP contribution >= 0.6 is 0 Å². The second kappa shape index (κ2) is 7.71. The van der Waals surface area contributed by atoms with Gasteiger partial charge in [0.25, 0.3) is 5.91 Å². The van der Waals surface area contributed by atoms with Gasteiger partial charge in [-0.2, -0.15) is 4.68 Å². The normalized spacial score (nSPS) is 11.1. The van der Waals surface area contributed by atoms with Crippen LogP contribution in [0.2, 0.25) is 0 Å². The number of nitrogens with one attached hydrogen (secondary N) is 2. The lowest BCUT2D eigenvalue weighted by Gasteiger charge is -2.09. The zero-order valence-electron chi connectivity index (χ0n) is 16.2. The molecule has 7 nitrogen and oxygen atoms in total. The van der Waals surface area contributed by atoms with Gasteiger partial charge in [-0.15, -0.1) is 5.10 Å². The van der Waals surface area contributed by atoms with Crippen molar-refractivity contribution in [3.8, 4) is 11.5 Å². The molecule has 0 bridgehead atoms. The molecule has 3 aromatic heterocycles. The largest absolute Gasteiger partial charge is 0.361 e. The minimum atomic E-state index is -0.249. The highest BCUT2D eigenvalue weighted by Gasteiger charge is 2.21. The number of benzene rings is 2. The summed E-state index contributed by atoms with van der Waals surface area (Å²) in [5.74, 6) is 0.358. The zero-order valence-corrected chi connectivity index (χ0v) is 16.2. The third-order valence-electron chi connectivity index (χ3n) is 5.07. The van der Waals surface area contributed by atoms with Crippen molar-refractivity contribution in [2.45, 2.75) is 6.42 Å². The smallest absolute Gasteiger partial charge is 0.275 e. The fraction of sp³-hybridized carbons (Fsp3) is 0.0870. The first kappa shape index (κ1) is 17.9. The Bertz CT molecular complexity index is 1280. The summed E-state index contributed by atoms with van der Waals surface area (Å²) in [5, 5.41) is 12.6. The zero-order chi connectivity index (χ0) is 20.3. The molecule has 0 aliphatic rings. The van der Waals surface area contributed by atoms with Crippen molar-refractivity contribution in [1.82, 2.24) is 29.9 Å². The maximum atomic E-state index is 12.9. The molecule has 5 aromatic rings. The van der Waals surface area contributed by atoms with Crippen molar-refractivity contribution >= 4 is 16.8 Å². The average Bonchev–Trinajstić information content (AvgIpc) is 3.53.